The number of aliphatic hydroxyl groups excluding tert-OH is 1. The number of halogens is 8. The highest BCUT2D eigenvalue weighted by Crippen LogP contribution is 3.02. The number of methoxy groups -OCH3 is 1. The van der Waals surface area contributed by atoms with Gasteiger partial charge in [-0.15, -0.1) is 0 Å². The van der Waals surface area contributed by atoms with Gasteiger partial charge in [0, 0.05) is 5.56 Å². The molecule has 0 unspecified atom stereocenters. The number of nitrogens with one attached hydrogen (secondary N) is 1. The molecule has 0 bridgehead atoms. The van der Waals surface area contributed by atoms with Crippen LogP contribution in [0.5, 0.6) is 5.75 Å². The normalized spacial score (nSPS) is 15.1. The van der Waals surface area contributed by atoms with Crippen molar-refractivity contribution in [2.75, 3.05) is 19.0 Å². The molecular weight excluding hydrogens is 444 g/mol. The van der Waals surface area contributed by atoms with Crippen molar-refractivity contribution in [3.05, 3.63) is 17.7 Å². The Morgan fingerprint density at radius 1 is 1.24 bits per heavy atom. The standard InChI is InChI=1S/C11H11Cl3F5NO4S/c1-23-9-6(4-21)2-7(25(15,16,17,18)19)3-8(9)20-10(22)24-5-11(12,13)14/h2-3,21H,4-5H2,1H3,(H,20,22). The van der Waals surface area contributed by atoms with Crippen molar-refractivity contribution < 1.29 is 38.8 Å². The number of rotatable bonds is 5. The number of aliphatic hydroxyl groups is 1. The number of alkyl halides is 3. The van der Waals surface area contributed by atoms with Crippen LogP contribution in [-0.4, -0.2) is 28.7 Å². The van der Waals surface area contributed by atoms with Crippen LogP contribution >= 0.6 is 45.0 Å². The summed E-state index contributed by atoms with van der Waals surface area (Å²) in [5.74, 6) is -0.473. The predicted octanol–water partition coefficient (Wildman–Crippen LogP) is 5.76. The zero-order valence-electron chi connectivity index (χ0n) is 12.2. The number of benzene rings is 1. The lowest BCUT2D eigenvalue weighted by atomic mass is 10.2. The third kappa shape index (κ3) is 6.74. The molecule has 146 valence electrons. The molecule has 5 nitrogen and oxygen atoms in total. The topological polar surface area (TPSA) is 67.8 Å². The number of ether oxygens (including phenoxy) is 2. The summed E-state index contributed by atoms with van der Waals surface area (Å²) < 4.78 is 72.2. The van der Waals surface area contributed by atoms with Gasteiger partial charge in [0.1, 0.15) is 17.3 Å². The molecule has 0 aliphatic rings. The maximum absolute atomic E-state index is 13.0. The SMILES string of the molecule is COc1c(CO)cc(S(F)(F)(F)(F)F)cc1NC(=O)OCC(Cl)(Cl)Cl. The average Bonchev–Trinajstić information content (AvgIpc) is 2.41. The Morgan fingerprint density at radius 3 is 2.20 bits per heavy atom. The Kier molecular flexibility index (Phi) is 5.65. The summed E-state index contributed by atoms with van der Waals surface area (Å²) in [4.78, 5) is 9.23. The summed E-state index contributed by atoms with van der Waals surface area (Å²) in [5.41, 5.74) is -1.45. The second-order valence-electron chi connectivity index (χ2n) is 4.61. The van der Waals surface area contributed by atoms with E-state index in [1.807, 2.05) is 0 Å². The predicted molar refractivity (Wildman–Crippen MR) is 85.6 cm³/mol. The van der Waals surface area contributed by atoms with Crippen molar-refractivity contribution in [2.24, 2.45) is 0 Å². The first-order valence-electron chi connectivity index (χ1n) is 6.03. The molecule has 0 saturated heterocycles. The molecule has 1 rings (SSSR count). The highest BCUT2D eigenvalue weighted by molar-refractivity contribution is 8.45. The summed E-state index contributed by atoms with van der Waals surface area (Å²) in [6, 6.07) is -0.0195. The van der Waals surface area contributed by atoms with E-state index in [1.54, 1.807) is 5.32 Å². The van der Waals surface area contributed by atoms with Gasteiger partial charge >= 0.3 is 16.3 Å². The van der Waals surface area contributed by atoms with Crippen LogP contribution in [0.25, 0.3) is 0 Å². The van der Waals surface area contributed by atoms with Gasteiger partial charge in [0.25, 0.3) is 0 Å². The van der Waals surface area contributed by atoms with Crippen molar-refractivity contribution in [1.82, 2.24) is 0 Å². The van der Waals surface area contributed by atoms with E-state index in [1.165, 1.54) is 0 Å². The first-order valence-corrected chi connectivity index (χ1v) is 9.12. The zero-order valence-corrected chi connectivity index (χ0v) is 15.3. The van der Waals surface area contributed by atoms with E-state index in [0.29, 0.717) is 0 Å². The van der Waals surface area contributed by atoms with E-state index in [9.17, 15) is 24.2 Å². The number of hydrogen-bond acceptors (Lipinski definition) is 4. The number of amides is 1. The number of hydrogen-bond donors (Lipinski definition) is 2. The molecule has 0 aliphatic heterocycles. The molecule has 0 aromatic heterocycles. The molecule has 0 radical (unpaired) electrons. The maximum atomic E-state index is 13.0. The van der Waals surface area contributed by atoms with Gasteiger partial charge in [-0.25, -0.2) is 4.79 Å². The van der Waals surface area contributed by atoms with E-state index < -0.39 is 55.2 Å². The lowest BCUT2D eigenvalue weighted by molar-refractivity contribution is 0.163. The van der Waals surface area contributed by atoms with Crippen molar-refractivity contribution in [1.29, 1.82) is 0 Å². The second kappa shape index (κ2) is 6.38. The minimum atomic E-state index is -10.1. The van der Waals surface area contributed by atoms with Gasteiger partial charge in [-0.05, 0) is 12.1 Å². The summed E-state index contributed by atoms with van der Waals surface area (Å²) in [6.07, 6.45) is -1.40. The van der Waals surface area contributed by atoms with E-state index in [4.69, 9.17) is 44.6 Å². The Balaban J connectivity index is 3.32. The number of carbonyl (C=O) groups is 1. The van der Waals surface area contributed by atoms with Crippen LogP contribution in [0.2, 0.25) is 0 Å². The molecule has 0 heterocycles. The highest BCUT2D eigenvalue weighted by Gasteiger charge is 2.65. The Bertz CT molecular complexity index is 681. The molecule has 0 atom stereocenters. The van der Waals surface area contributed by atoms with E-state index in [2.05, 4.69) is 4.74 Å². The largest absolute Gasteiger partial charge is 0.494 e. The maximum Gasteiger partial charge on any atom is 0.411 e. The van der Waals surface area contributed by atoms with Gasteiger partial charge in [-0.1, -0.05) is 54.2 Å². The molecule has 0 spiro atoms. The Hall–Kier alpha value is -0.880. The number of carbonyl (C=O) groups excluding carboxylic acids is 1. The first-order chi connectivity index (χ1) is 11.0. The van der Waals surface area contributed by atoms with Crippen LogP contribution in [0, 0.1) is 0 Å². The minimum Gasteiger partial charge on any atom is -0.494 e. The van der Waals surface area contributed by atoms with Gasteiger partial charge in [0.2, 0.25) is 3.79 Å². The second-order valence-corrected chi connectivity index (χ2v) is 9.53. The lowest BCUT2D eigenvalue weighted by Crippen LogP contribution is -2.22. The monoisotopic (exact) mass is 453 g/mol. The van der Waals surface area contributed by atoms with Crippen molar-refractivity contribution in [3.8, 4) is 5.75 Å². The van der Waals surface area contributed by atoms with E-state index in [0.717, 1.165) is 7.11 Å². The Labute approximate surface area is 153 Å². The van der Waals surface area contributed by atoms with Gasteiger partial charge in [0.15, 0.2) is 0 Å². The van der Waals surface area contributed by atoms with Crippen LogP contribution in [0.15, 0.2) is 17.0 Å². The highest BCUT2D eigenvalue weighted by atomic mass is 35.6. The van der Waals surface area contributed by atoms with Crippen molar-refractivity contribution in [3.63, 3.8) is 0 Å². The molecule has 0 fully saturated rings. The molecule has 1 amide bonds. The fraction of sp³-hybridized carbons (Fsp3) is 0.364. The van der Waals surface area contributed by atoms with Crippen LogP contribution in [0.3, 0.4) is 0 Å². The fourth-order valence-corrected chi connectivity index (χ4v) is 2.50. The summed E-state index contributed by atoms with van der Waals surface area (Å²) in [7, 11) is -9.09. The van der Waals surface area contributed by atoms with Crippen LogP contribution in [0.1, 0.15) is 5.56 Å². The molecule has 1 aromatic carbocycles. The first kappa shape index (κ1) is 22.2. The van der Waals surface area contributed by atoms with E-state index >= 15 is 0 Å². The third-order valence-corrected chi connectivity index (χ3v) is 4.02. The summed E-state index contributed by atoms with van der Waals surface area (Å²) in [5, 5.41) is 10.9. The van der Waals surface area contributed by atoms with Crippen LogP contribution < -0.4 is 10.1 Å². The lowest BCUT2D eigenvalue weighted by Gasteiger charge is -2.41. The molecule has 14 heteroatoms. The molecule has 1 aromatic rings. The molecule has 0 aliphatic carbocycles. The quantitative estimate of drug-likeness (QED) is 0.438. The van der Waals surface area contributed by atoms with Gasteiger partial charge < -0.3 is 14.6 Å². The third-order valence-electron chi connectivity index (χ3n) is 2.56. The molecular formula is C11H11Cl3F5NO4S. The van der Waals surface area contributed by atoms with Gasteiger partial charge in [0.05, 0.1) is 19.4 Å². The van der Waals surface area contributed by atoms with Crippen molar-refractivity contribution in [2.45, 2.75) is 15.3 Å². The average molecular weight is 455 g/mol. The fourth-order valence-electron chi connectivity index (χ4n) is 1.63. The molecule has 25 heavy (non-hydrogen) atoms. The number of anilines is 1. The van der Waals surface area contributed by atoms with Crippen LogP contribution in [-0.2, 0) is 11.3 Å². The Morgan fingerprint density at radius 2 is 1.80 bits per heavy atom. The smallest absolute Gasteiger partial charge is 0.411 e. The summed E-state index contributed by atoms with van der Waals surface area (Å²) >= 11 is 16.0. The summed E-state index contributed by atoms with van der Waals surface area (Å²) in [6.45, 7) is -1.83. The van der Waals surface area contributed by atoms with Crippen molar-refractivity contribution >= 4 is 56.8 Å². The van der Waals surface area contributed by atoms with Crippen LogP contribution in [0.4, 0.5) is 29.9 Å². The zero-order chi connectivity index (χ0) is 19.7. The van der Waals surface area contributed by atoms with Gasteiger partial charge in [-0.3, -0.25) is 5.32 Å². The molecule has 0 saturated carbocycles. The van der Waals surface area contributed by atoms with Gasteiger partial charge in [-0.2, -0.15) is 0 Å². The minimum absolute atomic E-state index is 0.0260. The molecule has 2 N–H and O–H groups in total. The van der Waals surface area contributed by atoms with E-state index in [-0.39, 0.29) is 12.1 Å².